The van der Waals surface area contributed by atoms with Gasteiger partial charge in [-0.05, 0) is 49.4 Å². The fourth-order valence-corrected chi connectivity index (χ4v) is 3.13. The van der Waals surface area contributed by atoms with Crippen molar-refractivity contribution >= 4 is 5.69 Å². The van der Waals surface area contributed by atoms with Crippen molar-refractivity contribution in [2.45, 2.75) is 45.1 Å². The number of aromatic nitrogens is 3. The second-order valence-electron chi connectivity index (χ2n) is 6.30. The second kappa shape index (κ2) is 6.29. The van der Waals surface area contributed by atoms with Gasteiger partial charge < -0.3 is 9.88 Å². The Hall–Kier alpha value is -1.84. The van der Waals surface area contributed by atoms with Gasteiger partial charge in [-0.15, -0.1) is 10.2 Å². The van der Waals surface area contributed by atoms with Crippen molar-refractivity contribution in [3.8, 4) is 11.4 Å². The van der Waals surface area contributed by atoms with Gasteiger partial charge in [0.1, 0.15) is 6.33 Å². The Bertz CT molecular complexity index is 573. The van der Waals surface area contributed by atoms with Crippen LogP contribution in [0.1, 0.15) is 39.0 Å². The van der Waals surface area contributed by atoms with Crippen molar-refractivity contribution in [1.82, 2.24) is 14.8 Å². The van der Waals surface area contributed by atoms with Gasteiger partial charge in [-0.25, -0.2) is 0 Å². The molecule has 4 nitrogen and oxygen atoms in total. The fourth-order valence-electron chi connectivity index (χ4n) is 3.13. The molecule has 3 rings (SSSR count). The van der Waals surface area contributed by atoms with Crippen molar-refractivity contribution in [1.29, 1.82) is 0 Å². The first-order valence-corrected chi connectivity index (χ1v) is 7.93. The van der Waals surface area contributed by atoms with E-state index in [4.69, 9.17) is 0 Å². The molecule has 2 unspecified atom stereocenters. The number of aryl methyl sites for hydroxylation is 1. The van der Waals surface area contributed by atoms with Crippen LogP contribution >= 0.6 is 0 Å². The fraction of sp³-hybridized carbons (Fsp3) is 0.529. The minimum Gasteiger partial charge on any atom is -0.382 e. The molecule has 1 aliphatic rings. The monoisotopic (exact) mass is 284 g/mol. The van der Waals surface area contributed by atoms with Crippen LogP contribution in [-0.2, 0) is 7.05 Å². The third kappa shape index (κ3) is 3.43. The van der Waals surface area contributed by atoms with Crippen LogP contribution in [0.15, 0.2) is 30.6 Å². The molecule has 1 aromatic heterocycles. The highest BCUT2D eigenvalue weighted by atomic mass is 15.2. The van der Waals surface area contributed by atoms with Gasteiger partial charge in [0.15, 0.2) is 5.82 Å². The van der Waals surface area contributed by atoms with E-state index < -0.39 is 0 Å². The summed E-state index contributed by atoms with van der Waals surface area (Å²) >= 11 is 0. The van der Waals surface area contributed by atoms with Crippen LogP contribution in [0.2, 0.25) is 0 Å². The maximum atomic E-state index is 4.14. The Balaban J connectivity index is 1.66. The van der Waals surface area contributed by atoms with Gasteiger partial charge in [0, 0.05) is 24.3 Å². The van der Waals surface area contributed by atoms with E-state index >= 15 is 0 Å². The van der Waals surface area contributed by atoms with Crippen LogP contribution in [0.4, 0.5) is 5.69 Å². The molecule has 2 aromatic rings. The predicted molar refractivity (Wildman–Crippen MR) is 86.1 cm³/mol. The van der Waals surface area contributed by atoms with Gasteiger partial charge in [0.05, 0.1) is 0 Å². The third-order valence-corrected chi connectivity index (χ3v) is 4.48. The smallest absolute Gasteiger partial charge is 0.163 e. The first kappa shape index (κ1) is 14.1. The van der Waals surface area contributed by atoms with Gasteiger partial charge in [-0.3, -0.25) is 0 Å². The van der Waals surface area contributed by atoms with E-state index in [1.165, 1.54) is 37.8 Å². The van der Waals surface area contributed by atoms with Crippen LogP contribution in [-0.4, -0.2) is 20.8 Å². The molecule has 112 valence electrons. The Labute approximate surface area is 126 Å². The standard InChI is InChI=1S/C17H24N4/c1-13-4-3-5-15(9-6-13)19-16-10-7-14(8-11-16)17-20-18-12-21(17)2/h7-8,10-13,15,19H,3-6,9H2,1-2H3. The van der Waals surface area contributed by atoms with Crippen molar-refractivity contribution in [2.24, 2.45) is 13.0 Å². The molecule has 21 heavy (non-hydrogen) atoms. The molecule has 0 bridgehead atoms. The molecule has 1 aromatic carbocycles. The number of hydrogen-bond acceptors (Lipinski definition) is 3. The van der Waals surface area contributed by atoms with E-state index in [-0.39, 0.29) is 0 Å². The lowest BCUT2D eigenvalue weighted by Crippen LogP contribution is -2.18. The summed E-state index contributed by atoms with van der Waals surface area (Å²) in [5, 5.41) is 11.8. The molecule has 0 saturated heterocycles. The molecule has 0 radical (unpaired) electrons. The van der Waals surface area contributed by atoms with Crippen molar-refractivity contribution in [3.05, 3.63) is 30.6 Å². The Morgan fingerprint density at radius 3 is 2.62 bits per heavy atom. The molecule has 0 amide bonds. The summed E-state index contributed by atoms with van der Waals surface area (Å²) in [6, 6.07) is 9.16. The number of nitrogens with zero attached hydrogens (tertiary/aromatic N) is 3. The maximum Gasteiger partial charge on any atom is 0.163 e. The van der Waals surface area contributed by atoms with E-state index in [1.54, 1.807) is 6.33 Å². The number of nitrogens with one attached hydrogen (secondary N) is 1. The van der Waals surface area contributed by atoms with Gasteiger partial charge in [-0.2, -0.15) is 0 Å². The summed E-state index contributed by atoms with van der Waals surface area (Å²) in [5.41, 5.74) is 2.32. The molecule has 1 N–H and O–H groups in total. The number of anilines is 1. The van der Waals surface area contributed by atoms with Gasteiger partial charge in [0.25, 0.3) is 0 Å². The summed E-state index contributed by atoms with van der Waals surface area (Å²) in [6.45, 7) is 2.37. The van der Waals surface area contributed by atoms with Crippen LogP contribution < -0.4 is 5.32 Å². The Morgan fingerprint density at radius 2 is 1.90 bits per heavy atom. The van der Waals surface area contributed by atoms with E-state index in [0.29, 0.717) is 6.04 Å². The van der Waals surface area contributed by atoms with Crippen LogP contribution in [0.3, 0.4) is 0 Å². The average Bonchev–Trinajstić information content (AvgIpc) is 2.81. The lowest BCUT2D eigenvalue weighted by molar-refractivity contribution is 0.502. The highest BCUT2D eigenvalue weighted by molar-refractivity contribution is 5.59. The van der Waals surface area contributed by atoms with Gasteiger partial charge in [0.2, 0.25) is 0 Å². The highest BCUT2D eigenvalue weighted by Gasteiger charge is 2.16. The molecular weight excluding hydrogens is 260 g/mol. The molecule has 2 atom stereocenters. The largest absolute Gasteiger partial charge is 0.382 e. The van der Waals surface area contributed by atoms with Gasteiger partial charge >= 0.3 is 0 Å². The number of rotatable bonds is 3. The summed E-state index contributed by atoms with van der Waals surface area (Å²) in [4.78, 5) is 0. The first-order chi connectivity index (χ1) is 10.2. The van der Waals surface area contributed by atoms with Crippen molar-refractivity contribution in [3.63, 3.8) is 0 Å². The molecule has 0 aliphatic heterocycles. The minimum atomic E-state index is 0.621. The Morgan fingerprint density at radius 1 is 1.10 bits per heavy atom. The number of benzene rings is 1. The Kier molecular flexibility index (Phi) is 4.23. The molecule has 1 fully saturated rings. The van der Waals surface area contributed by atoms with E-state index in [2.05, 4.69) is 46.7 Å². The summed E-state index contributed by atoms with van der Waals surface area (Å²) in [5.74, 6) is 1.79. The van der Waals surface area contributed by atoms with Crippen LogP contribution in [0.25, 0.3) is 11.4 Å². The normalized spacial score (nSPS) is 22.8. The summed E-state index contributed by atoms with van der Waals surface area (Å²) in [7, 11) is 1.97. The molecule has 0 spiro atoms. The highest BCUT2D eigenvalue weighted by Crippen LogP contribution is 2.26. The summed E-state index contributed by atoms with van der Waals surface area (Å²) in [6.07, 6.45) is 8.36. The zero-order valence-electron chi connectivity index (χ0n) is 12.9. The molecule has 4 heteroatoms. The van der Waals surface area contributed by atoms with E-state index in [0.717, 1.165) is 17.3 Å². The minimum absolute atomic E-state index is 0.621. The topological polar surface area (TPSA) is 42.7 Å². The molecule has 1 heterocycles. The van der Waals surface area contributed by atoms with Crippen molar-refractivity contribution < 1.29 is 0 Å². The number of hydrogen-bond donors (Lipinski definition) is 1. The average molecular weight is 284 g/mol. The predicted octanol–water partition coefficient (Wildman–Crippen LogP) is 3.86. The van der Waals surface area contributed by atoms with Crippen molar-refractivity contribution in [2.75, 3.05) is 5.32 Å². The zero-order chi connectivity index (χ0) is 14.7. The van der Waals surface area contributed by atoms with Crippen LogP contribution in [0, 0.1) is 5.92 Å². The van der Waals surface area contributed by atoms with E-state index in [1.807, 2.05) is 11.6 Å². The van der Waals surface area contributed by atoms with Gasteiger partial charge in [-0.1, -0.05) is 19.8 Å². The molecule has 1 aliphatic carbocycles. The quantitative estimate of drug-likeness (QED) is 0.870. The lowest BCUT2D eigenvalue weighted by Gasteiger charge is -2.18. The summed E-state index contributed by atoms with van der Waals surface area (Å²) < 4.78 is 1.94. The first-order valence-electron chi connectivity index (χ1n) is 7.93. The zero-order valence-corrected chi connectivity index (χ0v) is 12.9. The van der Waals surface area contributed by atoms with Crippen LogP contribution in [0.5, 0.6) is 0 Å². The third-order valence-electron chi connectivity index (χ3n) is 4.48. The van der Waals surface area contributed by atoms with E-state index in [9.17, 15) is 0 Å². The lowest BCUT2D eigenvalue weighted by atomic mass is 10.0. The maximum absolute atomic E-state index is 4.14. The molecule has 1 saturated carbocycles. The SMILES string of the molecule is CC1CCCC(Nc2ccc(-c3nncn3C)cc2)CC1. The molecular formula is C17H24N4. The second-order valence-corrected chi connectivity index (χ2v) is 6.30.